The summed E-state index contributed by atoms with van der Waals surface area (Å²) < 4.78 is 13.2. The van der Waals surface area contributed by atoms with E-state index in [1.807, 2.05) is 0 Å². The van der Waals surface area contributed by atoms with E-state index in [1.54, 1.807) is 12.1 Å². The Kier molecular flexibility index (Phi) is 4.92. The Balaban J connectivity index is 1.75. The highest BCUT2D eigenvalue weighted by atomic mass is 35.5. The number of nitro groups is 1. The van der Waals surface area contributed by atoms with Crippen molar-refractivity contribution in [2.45, 2.75) is 31.1 Å². The molecule has 0 radical (unpaired) electrons. The lowest BCUT2D eigenvalue weighted by Crippen LogP contribution is -2.38. The van der Waals surface area contributed by atoms with Gasteiger partial charge in [-0.05, 0) is 41.7 Å². The quantitative estimate of drug-likeness (QED) is 0.595. The van der Waals surface area contributed by atoms with Crippen LogP contribution in [-0.2, 0) is 9.59 Å². The van der Waals surface area contributed by atoms with Crippen molar-refractivity contribution >= 4 is 29.0 Å². The number of nitrogens with one attached hydrogen (secondary N) is 1. The average molecular weight is 415 g/mol. The Bertz CT molecular complexity index is 1060. The number of carbonyl (C=O) groups excluding carboxylic acids is 2. The highest BCUT2D eigenvalue weighted by Crippen LogP contribution is 2.44. The lowest BCUT2D eigenvalue weighted by molar-refractivity contribution is -0.384. The summed E-state index contributed by atoms with van der Waals surface area (Å²) in [5.41, 5.74) is 2.03. The third-order valence-corrected chi connectivity index (χ3v) is 5.79. The van der Waals surface area contributed by atoms with Crippen LogP contribution in [0, 0.1) is 15.9 Å². The second-order valence-corrected chi connectivity index (χ2v) is 7.65. The first kappa shape index (κ1) is 19.3. The summed E-state index contributed by atoms with van der Waals surface area (Å²) >= 11 is 6.28. The summed E-state index contributed by atoms with van der Waals surface area (Å²) in [5.74, 6) is -1.59. The van der Waals surface area contributed by atoms with E-state index in [4.69, 9.17) is 11.6 Å². The smallest absolute Gasteiger partial charge is 0.269 e. The van der Waals surface area contributed by atoms with Crippen molar-refractivity contribution in [3.63, 3.8) is 0 Å². The predicted octanol–water partition coefficient (Wildman–Crippen LogP) is 4.39. The molecule has 6 nitrogen and oxygen atoms in total. The van der Waals surface area contributed by atoms with Gasteiger partial charge in [-0.3, -0.25) is 19.7 Å². The van der Waals surface area contributed by atoms with Crippen molar-refractivity contribution in [2.75, 3.05) is 0 Å². The third-order valence-electron chi connectivity index (χ3n) is 5.44. The van der Waals surface area contributed by atoms with Crippen molar-refractivity contribution in [1.29, 1.82) is 0 Å². The molecule has 0 saturated heterocycles. The second-order valence-electron chi connectivity index (χ2n) is 7.24. The number of hydrogen-bond acceptors (Lipinski definition) is 4. The SMILES string of the molecule is O=C1CC(c2cc([N+](=O)[O-])ccc2Cl)C2=C(CC(c3ccc(F)cc3)CC2=O)N1. The number of nitro benzene ring substituents is 1. The largest absolute Gasteiger partial charge is 0.329 e. The molecule has 2 aromatic rings. The van der Waals surface area contributed by atoms with Gasteiger partial charge in [0.05, 0.1) is 4.92 Å². The molecule has 1 amide bonds. The third kappa shape index (κ3) is 3.65. The minimum atomic E-state index is -0.632. The van der Waals surface area contributed by atoms with Crippen LogP contribution in [0.3, 0.4) is 0 Å². The minimum Gasteiger partial charge on any atom is -0.329 e. The van der Waals surface area contributed by atoms with Crippen LogP contribution >= 0.6 is 11.6 Å². The van der Waals surface area contributed by atoms with Gasteiger partial charge in [0.25, 0.3) is 5.69 Å². The molecular weight excluding hydrogens is 399 g/mol. The number of Topliss-reactive ketones (excluding diaryl/α,β-unsaturated/α-hetero) is 1. The number of allylic oxidation sites excluding steroid dienone is 2. The van der Waals surface area contributed by atoms with Gasteiger partial charge in [0, 0.05) is 47.2 Å². The minimum absolute atomic E-state index is 0.00727. The van der Waals surface area contributed by atoms with E-state index in [0.29, 0.717) is 23.3 Å². The molecular formula is C21H16ClFN2O4. The van der Waals surface area contributed by atoms with E-state index in [1.165, 1.54) is 30.3 Å². The van der Waals surface area contributed by atoms with E-state index >= 15 is 0 Å². The Morgan fingerprint density at radius 1 is 1.07 bits per heavy atom. The van der Waals surface area contributed by atoms with Gasteiger partial charge in [-0.25, -0.2) is 4.39 Å². The molecule has 2 aromatic carbocycles. The molecule has 8 heteroatoms. The molecule has 0 spiro atoms. The van der Waals surface area contributed by atoms with Crippen molar-refractivity contribution in [1.82, 2.24) is 5.32 Å². The Morgan fingerprint density at radius 2 is 1.79 bits per heavy atom. The highest BCUT2D eigenvalue weighted by Gasteiger charge is 2.39. The van der Waals surface area contributed by atoms with E-state index < -0.39 is 10.8 Å². The molecule has 1 aliphatic heterocycles. The molecule has 29 heavy (non-hydrogen) atoms. The number of halogens is 2. The number of ketones is 1. The fraction of sp³-hybridized carbons (Fsp3) is 0.238. The summed E-state index contributed by atoms with van der Waals surface area (Å²) in [4.78, 5) is 36.0. The van der Waals surface area contributed by atoms with Crippen LogP contribution in [0.4, 0.5) is 10.1 Å². The van der Waals surface area contributed by atoms with Crippen LogP contribution < -0.4 is 5.32 Å². The highest BCUT2D eigenvalue weighted by molar-refractivity contribution is 6.31. The molecule has 1 heterocycles. The molecule has 1 N–H and O–H groups in total. The molecule has 0 bridgehead atoms. The monoisotopic (exact) mass is 414 g/mol. The molecule has 0 fully saturated rings. The Morgan fingerprint density at radius 3 is 2.48 bits per heavy atom. The van der Waals surface area contributed by atoms with Crippen LogP contribution in [0.15, 0.2) is 53.7 Å². The molecule has 0 saturated carbocycles. The standard InChI is InChI=1S/C21H16ClFN2O4/c22-17-6-5-14(25(28)29)9-15(17)16-10-20(27)24-18-7-12(8-19(26)21(16)18)11-1-3-13(23)4-2-11/h1-6,9,12,16H,7-8,10H2,(H,24,27). The number of amides is 1. The van der Waals surface area contributed by atoms with E-state index in [-0.39, 0.29) is 47.0 Å². The number of rotatable bonds is 3. The van der Waals surface area contributed by atoms with E-state index in [2.05, 4.69) is 5.32 Å². The fourth-order valence-corrected chi connectivity index (χ4v) is 4.36. The number of carbonyl (C=O) groups is 2. The van der Waals surface area contributed by atoms with E-state index in [9.17, 15) is 24.1 Å². The zero-order valence-electron chi connectivity index (χ0n) is 15.2. The summed E-state index contributed by atoms with van der Waals surface area (Å²) in [6.45, 7) is 0. The van der Waals surface area contributed by atoms with Gasteiger partial charge < -0.3 is 5.32 Å². The molecule has 0 aromatic heterocycles. The first-order valence-electron chi connectivity index (χ1n) is 9.09. The number of nitrogens with zero attached hydrogens (tertiary/aromatic N) is 1. The Labute approximate surface area is 170 Å². The van der Waals surface area contributed by atoms with Gasteiger partial charge in [-0.2, -0.15) is 0 Å². The normalized spacial score (nSPS) is 21.6. The molecule has 1 aliphatic carbocycles. The molecule has 2 unspecified atom stereocenters. The predicted molar refractivity (Wildman–Crippen MR) is 104 cm³/mol. The van der Waals surface area contributed by atoms with Gasteiger partial charge in [0.2, 0.25) is 5.91 Å². The maximum Gasteiger partial charge on any atom is 0.269 e. The topological polar surface area (TPSA) is 89.3 Å². The van der Waals surface area contributed by atoms with Crippen LogP contribution in [0.1, 0.15) is 42.2 Å². The molecule has 2 aliphatic rings. The van der Waals surface area contributed by atoms with Crippen LogP contribution in [0.25, 0.3) is 0 Å². The molecule has 4 rings (SSSR count). The maximum atomic E-state index is 13.2. The first-order chi connectivity index (χ1) is 13.8. The first-order valence-corrected chi connectivity index (χ1v) is 9.46. The maximum absolute atomic E-state index is 13.2. The Hall–Kier alpha value is -3.06. The second kappa shape index (κ2) is 7.40. The van der Waals surface area contributed by atoms with Gasteiger partial charge in [-0.15, -0.1) is 0 Å². The zero-order valence-corrected chi connectivity index (χ0v) is 15.9. The summed E-state index contributed by atoms with van der Waals surface area (Å²) in [6, 6.07) is 9.99. The number of hydrogen-bond donors (Lipinski definition) is 1. The van der Waals surface area contributed by atoms with Crippen LogP contribution in [0.2, 0.25) is 5.02 Å². The van der Waals surface area contributed by atoms with Crippen LogP contribution in [0.5, 0.6) is 0 Å². The van der Waals surface area contributed by atoms with Crippen molar-refractivity contribution in [3.05, 3.63) is 85.8 Å². The van der Waals surface area contributed by atoms with Crippen molar-refractivity contribution < 1.29 is 18.9 Å². The summed E-state index contributed by atoms with van der Waals surface area (Å²) in [6.07, 6.45) is 0.623. The van der Waals surface area contributed by atoms with Gasteiger partial charge in [0.1, 0.15) is 5.82 Å². The molecule has 148 valence electrons. The van der Waals surface area contributed by atoms with Crippen molar-refractivity contribution in [2.24, 2.45) is 0 Å². The van der Waals surface area contributed by atoms with Gasteiger partial charge >= 0.3 is 0 Å². The fourth-order valence-electron chi connectivity index (χ4n) is 4.11. The lowest BCUT2D eigenvalue weighted by Gasteiger charge is -2.34. The number of non-ortho nitro benzene ring substituents is 1. The van der Waals surface area contributed by atoms with E-state index in [0.717, 1.165) is 5.56 Å². The zero-order chi connectivity index (χ0) is 20.7. The molecule has 2 atom stereocenters. The van der Waals surface area contributed by atoms with Crippen molar-refractivity contribution in [3.8, 4) is 0 Å². The average Bonchev–Trinajstić information content (AvgIpc) is 2.67. The number of benzene rings is 2. The van der Waals surface area contributed by atoms with Crippen LogP contribution in [-0.4, -0.2) is 16.6 Å². The summed E-state index contributed by atoms with van der Waals surface area (Å²) in [7, 11) is 0. The van der Waals surface area contributed by atoms with Gasteiger partial charge in [-0.1, -0.05) is 23.7 Å². The summed E-state index contributed by atoms with van der Waals surface area (Å²) in [5, 5.41) is 14.2. The lowest BCUT2D eigenvalue weighted by atomic mass is 9.73. The van der Waals surface area contributed by atoms with Gasteiger partial charge in [0.15, 0.2) is 5.78 Å².